The highest BCUT2D eigenvalue weighted by molar-refractivity contribution is 4.60. The molecular formula is C16H37N3. The van der Waals surface area contributed by atoms with Crippen molar-refractivity contribution in [2.24, 2.45) is 0 Å². The summed E-state index contributed by atoms with van der Waals surface area (Å²) in [5, 5.41) is 6.47. The van der Waals surface area contributed by atoms with Crippen LogP contribution in [0.4, 0.5) is 0 Å². The summed E-state index contributed by atoms with van der Waals surface area (Å²) in [4.78, 5) is 2.68. The Morgan fingerprint density at radius 3 is 1.53 bits per heavy atom. The fourth-order valence-electron chi connectivity index (χ4n) is 2.37. The van der Waals surface area contributed by atoms with Gasteiger partial charge < -0.3 is 15.5 Å². The van der Waals surface area contributed by atoms with Crippen LogP contribution in [0.1, 0.15) is 58.3 Å². The van der Waals surface area contributed by atoms with Crippen LogP contribution in [0.2, 0.25) is 0 Å². The van der Waals surface area contributed by atoms with Gasteiger partial charge in [-0.1, -0.05) is 26.2 Å². The van der Waals surface area contributed by atoms with Crippen molar-refractivity contribution >= 4 is 0 Å². The van der Waals surface area contributed by atoms with E-state index in [1.165, 1.54) is 71.0 Å². The van der Waals surface area contributed by atoms with E-state index >= 15 is 0 Å². The first-order valence-corrected chi connectivity index (χ1v) is 8.36. The van der Waals surface area contributed by atoms with Gasteiger partial charge in [0, 0.05) is 0 Å². The minimum Gasteiger partial charge on any atom is -0.320 e. The molecule has 0 atom stereocenters. The third-order valence-electron chi connectivity index (χ3n) is 3.63. The van der Waals surface area contributed by atoms with Gasteiger partial charge in [-0.3, -0.25) is 0 Å². The lowest BCUT2D eigenvalue weighted by molar-refractivity contribution is 0.256. The number of hydrogen-bond donors (Lipinski definition) is 2. The van der Waals surface area contributed by atoms with Crippen LogP contribution in [0.3, 0.4) is 0 Å². The highest BCUT2D eigenvalue weighted by Gasteiger charge is 2.04. The largest absolute Gasteiger partial charge is 0.320 e. The molecule has 0 aliphatic heterocycles. The van der Waals surface area contributed by atoms with Crippen molar-refractivity contribution in [3.05, 3.63) is 0 Å². The van der Waals surface area contributed by atoms with E-state index in [0.29, 0.717) is 0 Å². The zero-order valence-corrected chi connectivity index (χ0v) is 13.6. The van der Waals surface area contributed by atoms with Crippen molar-refractivity contribution in [3.8, 4) is 0 Å². The molecule has 3 heteroatoms. The molecule has 0 heterocycles. The lowest BCUT2D eigenvalue weighted by Crippen LogP contribution is -2.28. The highest BCUT2D eigenvalue weighted by atomic mass is 15.1. The third kappa shape index (κ3) is 14.1. The smallest absolute Gasteiger partial charge is 0.00183 e. The van der Waals surface area contributed by atoms with Crippen LogP contribution < -0.4 is 10.6 Å². The van der Waals surface area contributed by atoms with Gasteiger partial charge in [0.2, 0.25) is 0 Å². The Morgan fingerprint density at radius 1 is 0.632 bits per heavy atom. The predicted octanol–water partition coefficient (Wildman–Crippen LogP) is 2.87. The molecule has 0 radical (unpaired) electrons. The van der Waals surface area contributed by atoms with Gasteiger partial charge >= 0.3 is 0 Å². The Morgan fingerprint density at radius 2 is 1.11 bits per heavy atom. The fourth-order valence-corrected chi connectivity index (χ4v) is 2.37. The molecule has 0 amide bonds. The first kappa shape index (κ1) is 18.9. The normalized spacial score (nSPS) is 11.4. The molecular weight excluding hydrogens is 234 g/mol. The molecule has 19 heavy (non-hydrogen) atoms. The summed E-state index contributed by atoms with van der Waals surface area (Å²) in [6.45, 7) is 8.47. The zero-order valence-electron chi connectivity index (χ0n) is 13.6. The minimum atomic E-state index is 1.16. The quantitative estimate of drug-likeness (QED) is 0.449. The summed E-state index contributed by atoms with van der Waals surface area (Å²) >= 11 is 0. The topological polar surface area (TPSA) is 27.3 Å². The van der Waals surface area contributed by atoms with E-state index < -0.39 is 0 Å². The van der Waals surface area contributed by atoms with Crippen LogP contribution in [0.15, 0.2) is 0 Å². The van der Waals surface area contributed by atoms with Crippen LogP contribution in [0, 0.1) is 0 Å². The van der Waals surface area contributed by atoms with Crippen LogP contribution in [-0.4, -0.2) is 51.7 Å². The average molecular weight is 271 g/mol. The summed E-state index contributed by atoms with van der Waals surface area (Å²) in [5.74, 6) is 0. The summed E-state index contributed by atoms with van der Waals surface area (Å²) in [6, 6.07) is 0. The van der Waals surface area contributed by atoms with E-state index in [4.69, 9.17) is 0 Å². The first-order valence-electron chi connectivity index (χ1n) is 8.36. The predicted molar refractivity (Wildman–Crippen MR) is 86.9 cm³/mol. The lowest BCUT2D eigenvalue weighted by Gasteiger charge is -2.22. The molecule has 0 aromatic carbocycles. The van der Waals surface area contributed by atoms with E-state index in [-0.39, 0.29) is 0 Å². The molecule has 0 saturated heterocycles. The number of unbranched alkanes of at least 4 members (excludes halogenated alkanes) is 5. The van der Waals surface area contributed by atoms with E-state index in [1.807, 2.05) is 14.1 Å². The Labute approximate surface area is 121 Å². The summed E-state index contributed by atoms with van der Waals surface area (Å²) in [5.41, 5.74) is 0. The molecule has 0 aliphatic rings. The van der Waals surface area contributed by atoms with Crippen molar-refractivity contribution in [2.75, 3.05) is 46.8 Å². The Bertz CT molecular complexity index is 134. The van der Waals surface area contributed by atoms with Gasteiger partial charge in [-0.25, -0.2) is 0 Å². The molecule has 0 aromatic heterocycles. The van der Waals surface area contributed by atoms with Gasteiger partial charge in [0.1, 0.15) is 0 Å². The van der Waals surface area contributed by atoms with Gasteiger partial charge in [0.25, 0.3) is 0 Å². The zero-order chi connectivity index (χ0) is 14.2. The van der Waals surface area contributed by atoms with Crippen molar-refractivity contribution in [3.63, 3.8) is 0 Å². The molecule has 116 valence electrons. The lowest BCUT2D eigenvalue weighted by atomic mass is 10.2. The first-order chi connectivity index (χ1) is 9.35. The molecule has 0 spiro atoms. The molecule has 3 nitrogen and oxygen atoms in total. The molecule has 0 rings (SSSR count). The van der Waals surface area contributed by atoms with Crippen LogP contribution >= 0.6 is 0 Å². The molecule has 0 unspecified atom stereocenters. The van der Waals surface area contributed by atoms with E-state index in [2.05, 4.69) is 22.5 Å². The van der Waals surface area contributed by atoms with Gasteiger partial charge in [0.15, 0.2) is 0 Å². The van der Waals surface area contributed by atoms with Crippen molar-refractivity contribution in [2.45, 2.75) is 58.3 Å². The number of nitrogens with zero attached hydrogens (tertiary/aromatic N) is 1. The van der Waals surface area contributed by atoms with Crippen LogP contribution in [0.5, 0.6) is 0 Å². The maximum Gasteiger partial charge on any atom is -0.00183 e. The van der Waals surface area contributed by atoms with Crippen molar-refractivity contribution in [1.82, 2.24) is 15.5 Å². The van der Waals surface area contributed by atoms with Crippen LogP contribution in [0.25, 0.3) is 0 Å². The van der Waals surface area contributed by atoms with Crippen molar-refractivity contribution < 1.29 is 0 Å². The Balaban J connectivity index is 3.66. The summed E-state index contributed by atoms with van der Waals surface area (Å²) in [6.07, 6.45) is 10.8. The second-order valence-corrected chi connectivity index (χ2v) is 5.52. The average Bonchev–Trinajstić information content (AvgIpc) is 2.43. The standard InChI is InChI=1S/C16H37N3/c1-4-5-6-9-14-19(15-10-7-12-17-2)16-11-8-13-18-3/h17-18H,4-16H2,1-3H3. The number of nitrogens with one attached hydrogen (secondary N) is 2. The molecule has 0 fully saturated rings. The van der Waals surface area contributed by atoms with Crippen LogP contribution in [-0.2, 0) is 0 Å². The van der Waals surface area contributed by atoms with Gasteiger partial charge in [-0.05, 0) is 78.9 Å². The van der Waals surface area contributed by atoms with Gasteiger partial charge in [-0.15, -0.1) is 0 Å². The van der Waals surface area contributed by atoms with E-state index in [0.717, 1.165) is 13.1 Å². The number of hydrogen-bond acceptors (Lipinski definition) is 3. The summed E-state index contributed by atoms with van der Waals surface area (Å²) < 4.78 is 0. The third-order valence-corrected chi connectivity index (χ3v) is 3.63. The Kier molecular flexibility index (Phi) is 15.8. The van der Waals surface area contributed by atoms with E-state index in [9.17, 15) is 0 Å². The summed E-state index contributed by atoms with van der Waals surface area (Å²) in [7, 11) is 4.08. The SMILES string of the molecule is CCCCCCN(CCCCNC)CCCCNC. The molecule has 2 N–H and O–H groups in total. The van der Waals surface area contributed by atoms with Gasteiger partial charge in [0.05, 0.1) is 0 Å². The Hall–Kier alpha value is -0.120. The minimum absolute atomic E-state index is 1.16. The second-order valence-electron chi connectivity index (χ2n) is 5.52. The maximum absolute atomic E-state index is 3.23. The maximum atomic E-state index is 3.23. The highest BCUT2D eigenvalue weighted by Crippen LogP contribution is 2.04. The van der Waals surface area contributed by atoms with Crippen molar-refractivity contribution in [1.29, 1.82) is 0 Å². The van der Waals surface area contributed by atoms with E-state index in [1.54, 1.807) is 0 Å². The second kappa shape index (κ2) is 15.9. The molecule has 0 aromatic rings. The fraction of sp³-hybridized carbons (Fsp3) is 1.00. The number of rotatable bonds is 15. The molecule has 0 aliphatic carbocycles. The molecule has 0 saturated carbocycles. The monoisotopic (exact) mass is 271 g/mol. The molecule has 0 bridgehead atoms. The van der Waals surface area contributed by atoms with Gasteiger partial charge in [-0.2, -0.15) is 0 Å².